The normalized spacial score (nSPS) is 13.2. The van der Waals surface area contributed by atoms with Gasteiger partial charge in [-0.3, -0.25) is 9.59 Å². The fourth-order valence-corrected chi connectivity index (χ4v) is 3.93. The average molecular weight is 434 g/mol. The number of likely N-dealkylation sites (tertiary alicyclic amines) is 1. The van der Waals surface area contributed by atoms with E-state index in [2.05, 4.69) is 5.32 Å². The van der Waals surface area contributed by atoms with E-state index in [1.807, 2.05) is 0 Å². The highest BCUT2D eigenvalue weighted by atomic mass is 32.2. The third-order valence-corrected chi connectivity index (χ3v) is 5.46. The van der Waals surface area contributed by atoms with Gasteiger partial charge in [-0.05, 0) is 37.1 Å². The van der Waals surface area contributed by atoms with Crippen molar-refractivity contribution >= 4 is 35.2 Å². The van der Waals surface area contributed by atoms with E-state index < -0.39 is 30.1 Å². The third-order valence-electron chi connectivity index (χ3n) is 4.40. The molecule has 1 aliphatic heterocycles. The number of carbonyl (C=O) groups is 3. The Bertz CT molecular complexity index is 928. The van der Waals surface area contributed by atoms with Crippen molar-refractivity contribution < 1.29 is 27.9 Å². The van der Waals surface area contributed by atoms with Crippen molar-refractivity contribution in [1.82, 2.24) is 4.90 Å². The summed E-state index contributed by atoms with van der Waals surface area (Å²) >= 11 is 1.23. The van der Waals surface area contributed by atoms with Crippen LogP contribution in [0.5, 0.6) is 0 Å². The molecule has 0 aliphatic carbocycles. The largest absolute Gasteiger partial charge is 0.452 e. The molecule has 0 saturated carbocycles. The number of anilines is 1. The zero-order valence-electron chi connectivity index (χ0n) is 16.0. The van der Waals surface area contributed by atoms with E-state index in [1.165, 1.54) is 11.8 Å². The maximum atomic E-state index is 13.2. The van der Waals surface area contributed by atoms with Gasteiger partial charge in [0.05, 0.1) is 11.3 Å². The highest BCUT2D eigenvalue weighted by Gasteiger charge is 2.20. The molecule has 0 bridgehead atoms. The van der Waals surface area contributed by atoms with Crippen LogP contribution in [0.4, 0.5) is 14.5 Å². The van der Waals surface area contributed by atoms with Crippen LogP contribution in [-0.2, 0) is 14.3 Å². The number of hydrogen-bond donors (Lipinski definition) is 1. The standard InChI is InChI=1S/C21H20F2N2O4S/c22-14-9-15(23)11-16(10-14)24-19(26)12-29-21(28)17-5-1-2-6-18(17)30-13-20(27)25-7-3-4-8-25/h1-2,5-6,9-11H,3-4,7-8,12-13H2,(H,24,26). The molecular formula is C21H20F2N2O4S. The predicted molar refractivity (Wildman–Crippen MR) is 108 cm³/mol. The van der Waals surface area contributed by atoms with Crippen LogP contribution in [0.15, 0.2) is 47.4 Å². The Morgan fingerprint density at radius 2 is 1.70 bits per heavy atom. The van der Waals surface area contributed by atoms with Crippen LogP contribution >= 0.6 is 11.8 Å². The second kappa shape index (κ2) is 10.2. The number of rotatable bonds is 7. The Kier molecular flexibility index (Phi) is 7.40. The van der Waals surface area contributed by atoms with E-state index in [9.17, 15) is 23.2 Å². The molecule has 0 aromatic heterocycles. The number of esters is 1. The second-order valence-electron chi connectivity index (χ2n) is 6.66. The summed E-state index contributed by atoms with van der Waals surface area (Å²) in [6.45, 7) is 0.892. The molecule has 1 N–H and O–H groups in total. The lowest BCUT2D eigenvalue weighted by Crippen LogP contribution is -2.29. The first-order valence-electron chi connectivity index (χ1n) is 9.35. The first-order valence-corrected chi connectivity index (χ1v) is 10.3. The van der Waals surface area contributed by atoms with E-state index in [1.54, 1.807) is 29.2 Å². The van der Waals surface area contributed by atoms with Gasteiger partial charge in [-0.15, -0.1) is 11.8 Å². The molecule has 6 nitrogen and oxygen atoms in total. The van der Waals surface area contributed by atoms with Crippen molar-refractivity contribution in [2.75, 3.05) is 30.8 Å². The van der Waals surface area contributed by atoms with Crippen molar-refractivity contribution in [2.24, 2.45) is 0 Å². The van der Waals surface area contributed by atoms with Gasteiger partial charge in [0.15, 0.2) is 6.61 Å². The molecule has 0 radical (unpaired) electrons. The molecule has 3 rings (SSSR count). The minimum Gasteiger partial charge on any atom is -0.452 e. The summed E-state index contributed by atoms with van der Waals surface area (Å²) in [6.07, 6.45) is 2.01. The van der Waals surface area contributed by atoms with Crippen LogP contribution in [0.25, 0.3) is 0 Å². The van der Waals surface area contributed by atoms with Crippen LogP contribution in [0, 0.1) is 11.6 Å². The van der Waals surface area contributed by atoms with E-state index in [-0.39, 0.29) is 22.9 Å². The first-order chi connectivity index (χ1) is 14.4. The maximum Gasteiger partial charge on any atom is 0.339 e. The van der Waals surface area contributed by atoms with Crippen LogP contribution < -0.4 is 5.32 Å². The molecule has 1 aliphatic rings. The van der Waals surface area contributed by atoms with Gasteiger partial charge in [0, 0.05) is 29.7 Å². The summed E-state index contributed by atoms with van der Waals surface area (Å²) < 4.78 is 31.4. The van der Waals surface area contributed by atoms with Crippen molar-refractivity contribution in [3.63, 3.8) is 0 Å². The molecule has 1 saturated heterocycles. The Morgan fingerprint density at radius 1 is 1.03 bits per heavy atom. The molecule has 9 heteroatoms. The van der Waals surface area contributed by atoms with Crippen molar-refractivity contribution in [1.29, 1.82) is 0 Å². The van der Waals surface area contributed by atoms with Crippen LogP contribution in [0.1, 0.15) is 23.2 Å². The number of nitrogens with one attached hydrogen (secondary N) is 1. The van der Waals surface area contributed by atoms with Crippen molar-refractivity contribution in [3.8, 4) is 0 Å². The lowest BCUT2D eigenvalue weighted by atomic mass is 10.2. The summed E-state index contributed by atoms with van der Waals surface area (Å²) in [5, 5.41) is 2.26. The molecule has 1 heterocycles. The zero-order valence-corrected chi connectivity index (χ0v) is 16.8. The molecule has 2 amide bonds. The molecule has 0 unspecified atom stereocenters. The topological polar surface area (TPSA) is 75.7 Å². The van der Waals surface area contributed by atoms with Gasteiger partial charge < -0.3 is 15.0 Å². The van der Waals surface area contributed by atoms with Gasteiger partial charge in [0.2, 0.25) is 5.91 Å². The number of carbonyl (C=O) groups excluding carboxylic acids is 3. The number of halogens is 2. The summed E-state index contributed by atoms with van der Waals surface area (Å²) in [4.78, 5) is 38.9. The highest BCUT2D eigenvalue weighted by molar-refractivity contribution is 8.00. The Labute approximate surface area is 176 Å². The summed E-state index contributed by atoms with van der Waals surface area (Å²) in [5.74, 6) is -2.92. The first kappa shape index (κ1) is 21.8. The average Bonchev–Trinajstić information content (AvgIpc) is 3.24. The summed E-state index contributed by atoms with van der Waals surface area (Å²) in [7, 11) is 0. The quantitative estimate of drug-likeness (QED) is 0.534. The van der Waals surface area contributed by atoms with Crippen LogP contribution in [-0.4, -0.2) is 48.1 Å². The van der Waals surface area contributed by atoms with Gasteiger partial charge in [-0.2, -0.15) is 0 Å². The highest BCUT2D eigenvalue weighted by Crippen LogP contribution is 2.24. The van der Waals surface area contributed by atoms with Crippen LogP contribution in [0.2, 0.25) is 0 Å². The molecule has 30 heavy (non-hydrogen) atoms. The van der Waals surface area contributed by atoms with E-state index >= 15 is 0 Å². The minimum absolute atomic E-state index is 0.0161. The predicted octanol–water partition coefficient (Wildman–Crippen LogP) is 3.47. The second-order valence-corrected chi connectivity index (χ2v) is 7.67. The van der Waals surface area contributed by atoms with E-state index in [4.69, 9.17) is 4.74 Å². The van der Waals surface area contributed by atoms with Crippen LogP contribution in [0.3, 0.4) is 0 Å². The fraction of sp³-hybridized carbons (Fsp3) is 0.286. The number of nitrogens with zero attached hydrogens (tertiary/aromatic N) is 1. The monoisotopic (exact) mass is 434 g/mol. The molecule has 2 aromatic rings. The van der Waals surface area contributed by atoms with Gasteiger partial charge >= 0.3 is 5.97 Å². The molecular weight excluding hydrogens is 414 g/mol. The van der Waals surface area contributed by atoms with Crippen molar-refractivity contribution in [2.45, 2.75) is 17.7 Å². The number of benzene rings is 2. The number of amides is 2. The fourth-order valence-electron chi connectivity index (χ4n) is 2.99. The minimum atomic E-state index is -0.836. The van der Waals surface area contributed by atoms with E-state index in [0.717, 1.165) is 38.1 Å². The van der Waals surface area contributed by atoms with Gasteiger partial charge in [-0.1, -0.05) is 12.1 Å². The zero-order chi connectivity index (χ0) is 21.5. The Hall–Kier alpha value is -2.94. The lowest BCUT2D eigenvalue weighted by Gasteiger charge is -2.15. The van der Waals surface area contributed by atoms with Gasteiger partial charge in [0.25, 0.3) is 5.91 Å². The van der Waals surface area contributed by atoms with Gasteiger partial charge in [-0.25, -0.2) is 13.6 Å². The SMILES string of the molecule is O=C(COC(=O)c1ccccc1SCC(=O)N1CCCC1)Nc1cc(F)cc(F)c1. The smallest absolute Gasteiger partial charge is 0.339 e. The molecule has 0 atom stereocenters. The summed E-state index contributed by atoms with van der Waals surface area (Å²) in [5.41, 5.74) is 0.159. The number of ether oxygens (including phenoxy) is 1. The van der Waals surface area contributed by atoms with Crippen molar-refractivity contribution in [3.05, 3.63) is 59.7 Å². The molecule has 1 fully saturated rings. The Balaban J connectivity index is 1.54. The number of hydrogen-bond acceptors (Lipinski definition) is 5. The lowest BCUT2D eigenvalue weighted by molar-refractivity contribution is -0.127. The molecule has 158 valence electrons. The Morgan fingerprint density at radius 3 is 2.40 bits per heavy atom. The third kappa shape index (κ3) is 6.03. The van der Waals surface area contributed by atoms with Gasteiger partial charge in [0.1, 0.15) is 11.6 Å². The number of thioether (sulfide) groups is 1. The van der Waals surface area contributed by atoms with E-state index in [0.29, 0.717) is 11.0 Å². The summed E-state index contributed by atoms with van der Waals surface area (Å²) in [6, 6.07) is 9.22. The molecule has 2 aromatic carbocycles. The maximum absolute atomic E-state index is 13.2. The molecule has 0 spiro atoms.